The number of methoxy groups -OCH3 is 1. The molecule has 3 rings (SSSR count). The van der Waals surface area contributed by atoms with Gasteiger partial charge in [-0.15, -0.1) is 0 Å². The van der Waals surface area contributed by atoms with E-state index in [4.69, 9.17) is 14.7 Å². The molecule has 0 aliphatic carbocycles. The molecule has 2 aromatic rings. The van der Waals surface area contributed by atoms with Crippen LogP contribution in [0.25, 0.3) is 0 Å². The molecule has 31 heavy (non-hydrogen) atoms. The number of ether oxygens (including phenoxy) is 2. The fourth-order valence-electron chi connectivity index (χ4n) is 3.77. The molecule has 1 aliphatic heterocycles. The van der Waals surface area contributed by atoms with Gasteiger partial charge < -0.3 is 14.4 Å². The van der Waals surface area contributed by atoms with Crippen molar-refractivity contribution in [2.24, 2.45) is 5.41 Å². The van der Waals surface area contributed by atoms with Gasteiger partial charge in [0.25, 0.3) is 5.91 Å². The van der Waals surface area contributed by atoms with E-state index in [9.17, 15) is 18.0 Å². The van der Waals surface area contributed by atoms with Crippen molar-refractivity contribution in [3.8, 4) is 17.6 Å². The Morgan fingerprint density at radius 2 is 1.90 bits per heavy atom. The number of rotatable bonds is 5. The Hall–Kier alpha value is -3.21. The Labute approximate surface area is 179 Å². The summed E-state index contributed by atoms with van der Waals surface area (Å²) in [6.07, 6.45) is -5.67. The zero-order chi connectivity index (χ0) is 23.0. The average Bonchev–Trinajstić information content (AvgIpc) is 2.96. The summed E-state index contributed by atoms with van der Waals surface area (Å²) in [5, 5.41) is 8.96. The van der Waals surface area contributed by atoms with E-state index in [1.165, 1.54) is 12.1 Å². The summed E-state index contributed by atoms with van der Waals surface area (Å²) in [7, 11) is 1.56. The summed E-state index contributed by atoms with van der Waals surface area (Å²) in [6, 6.07) is 11.7. The van der Waals surface area contributed by atoms with E-state index in [-0.39, 0.29) is 17.7 Å². The maximum absolute atomic E-state index is 13.3. The molecule has 164 valence electrons. The lowest BCUT2D eigenvalue weighted by molar-refractivity contribution is -0.138. The second-order valence-corrected chi connectivity index (χ2v) is 8.22. The number of benzene rings is 2. The van der Waals surface area contributed by atoms with Crippen molar-refractivity contribution in [2.75, 3.05) is 13.7 Å². The first kappa shape index (κ1) is 22.5. The molecule has 0 spiro atoms. The SMILES string of the molecule is COc1cccc([C@H](C)N2CC(C)(C)[C@@H](Oc3ccc(C#N)c(C(F)(F)F)c3)C2=O)c1. The molecule has 1 amide bonds. The van der Waals surface area contributed by atoms with Crippen LogP contribution in [0.3, 0.4) is 0 Å². The number of alkyl halides is 3. The van der Waals surface area contributed by atoms with Gasteiger partial charge in [0.2, 0.25) is 0 Å². The van der Waals surface area contributed by atoms with E-state index in [0.717, 1.165) is 17.7 Å². The Kier molecular flexibility index (Phi) is 5.90. The monoisotopic (exact) mass is 432 g/mol. The Balaban J connectivity index is 1.88. The molecule has 1 heterocycles. The van der Waals surface area contributed by atoms with E-state index in [2.05, 4.69) is 0 Å². The van der Waals surface area contributed by atoms with E-state index in [0.29, 0.717) is 12.3 Å². The smallest absolute Gasteiger partial charge is 0.417 e. The van der Waals surface area contributed by atoms with Crippen molar-refractivity contribution in [1.82, 2.24) is 4.90 Å². The summed E-state index contributed by atoms with van der Waals surface area (Å²) in [4.78, 5) is 14.9. The molecule has 1 aliphatic rings. The molecule has 2 aromatic carbocycles. The molecular weight excluding hydrogens is 409 g/mol. The fourth-order valence-corrected chi connectivity index (χ4v) is 3.77. The lowest BCUT2D eigenvalue weighted by Gasteiger charge is -2.26. The second kappa shape index (κ2) is 8.14. The van der Waals surface area contributed by atoms with Gasteiger partial charge in [-0.3, -0.25) is 4.79 Å². The van der Waals surface area contributed by atoms with Gasteiger partial charge >= 0.3 is 6.18 Å². The zero-order valence-electron chi connectivity index (χ0n) is 17.7. The fraction of sp³-hybridized carbons (Fsp3) is 0.391. The lowest BCUT2D eigenvalue weighted by atomic mass is 9.89. The highest BCUT2D eigenvalue weighted by Gasteiger charge is 2.49. The van der Waals surface area contributed by atoms with Crippen LogP contribution in [0.2, 0.25) is 0 Å². The number of hydrogen-bond acceptors (Lipinski definition) is 4. The van der Waals surface area contributed by atoms with E-state index in [1.807, 2.05) is 39.0 Å². The summed E-state index contributed by atoms with van der Waals surface area (Å²) in [5.74, 6) is 0.257. The van der Waals surface area contributed by atoms with Crippen LogP contribution in [0.1, 0.15) is 43.5 Å². The van der Waals surface area contributed by atoms with Crippen molar-refractivity contribution in [3.63, 3.8) is 0 Å². The summed E-state index contributed by atoms with van der Waals surface area (Å²) >= 11 is 0. The number of carbonyl (C=O) groups excluding carboxylic acids is 1. The van der Waals surface area contributed by atoms with Crippen LogP contribution in [0.4, 0.5) is 13.2 Å². The van der Waals surface area contributed by atoms with Crippen LogP contribution < -0.4 is 9.47 Å². The van der Waals surface area contributed by atoms with Crippen LogP contribution in [0.5, 0.6) is 11.5 Å². The van der Waals surface area contributed by atoms with Crippen LogP contribution in [-0.2, 0) is 11.0 Å². The third-order valence-corrected chi connectivity index (χ3v) is 5.51. The first-order chi connectivity index (χ1) is 14.5. The first-order valence-corrected chi connectivity index (χ1v) is 9.70. The standard InChI is InChI=1S/C23H23F3N2O3/c1-14(15-6-5-7-17(10-15)30-4)28-13-22(2,3)20(21(28)29)31-18-9-8-16(12-27)19(11-18)23(24,25)26/h5-11,14,20H,13H2,1-4H3/t14-,20-/m0/s1. The number of carbonyl (C=O) groups is 1. The molecule has 0 bridgehead atoms. The van der Waals surface area contributed by atoms with Crippen LogP contribution in [0.15, 0.2) is 42.5 Å². The van der Waals surface area contributed by atoms with Crippen molar-refractivity contribution < 1.29 is 27.4 Å². The molecule has 1 saturated heterocycles. The van der Waals surface area contributed by atoms with Crippen molar-refractivity contribution in [2.45, 2.75) is 39.1 Å². The van der Waals surface area contributed by atoms with E-state index < -0.39 is 28.8 Å². The third kappa shape index (κ3) is 4.46. The minimum absolute atomic E-state index is 0.103. The second-order valence-electron chi connectivity index (χ2n) is 8.22. The third-order valence-electron chi connectivity index (χ3n) is 5.51. The van der Waals surface area contributed by atoms with Crippen LogP contribution >= 0.6 is 0 Å². The zero-order valence-corrected chi connectivity index (χ0v) is 17.7. The van der Waals surface area contributed by atoms with Crippen molar-refractivity contribution >= 4 is 5.91 Å². The van der Waals surface area contributed by atoms with Gasteiger partial charge in [-0.1, -0.05) is 26.0 Å². The molecule has 8 heteroatoms. The van der Waals surface area contributed by atoms with Gasteiger partial charge in [0, 0.05) is 12.0 Å². The average molecular weight is 432 g/mol. The quantitative estimate of drug-likeness (QED) is 0.670. The summed E-state index contributed by atoms with van der Waals surface area (Å²) in [5.41, 5.74) is -1.35. The predicted octanol–water partition coefficient (Wildman–Crippen LogP) is 4.96. The largest absolute Gasteiger partial charge is 0.497 e. The normalized spacial score (nSPS) is 19.1. The number of hydrogen-bond donors (Lipinski definition) is 0. The molecule has 0 N–H and O–H groups in total. The van der Waals surface area contributed by atoms with Gasteiger partial charge in [-0.05, 0) is 42.8 Å². The number of nitriles is 1. The Morgan fingerprint density at radius 3 is 2.52 bits per heavy atom. The van der Waals surface area contributed by atoms with Crippen LogP contribution in [0, 0.1) is 16.7 Å². The minimum Gasteiger partial charge on any atom is -0.497 e. The Morgan fingerprint density at radius 1 is 1.19 bits per heavy atom. The highest BCUT2D eigenvalue weighted by molar-refractivity contribution is 5.85. The molecule has 0 radical (unpaired) electrons. The Bertz CT molecular complexity index is 1030. The molecule has 2 atom stereocenters. The molecule has 5 nitrogen and oxygen atoms in total. The van der Waals surface area contributed by atoms with E-state index in [1.54, 1.807) is 18.1 Å². The van der Waals surface area contributed by atoms with Crippen molar-refractivity contribution in [1.29, 1.82) is 5.26 Å². The first-order valence-electron chi connectivity index (χ1n) is 9.70. The number of halogens is 3. The number of amides is 1. The highest BCUT2D eigenvalue weighted by Crippen LogP contribution is 2.40. The molecule has 0 saturated carbocycles. The van der Waals surface area contributed by atoms with Crippen molar-refractivity contribution in [3.05, 3.63) is 59.2 Å². The molecule has 0 unspecified atom stereocenters. The minimum atomic E-state index is -4.70. The maximum Gasteiger partial charge on any atom is 0.417 e. The van der Waals surface area contributed by atoms with E-state index >= 15 is 0 Å². The lowest BCUT2D eigenvalue weighted by Crippen LogP contribution is -2.37. The van der Waals surface area contributed by atoms with Gasteiger partial charge in [0.15, 0.2) is 6.10 Å². The maximum atomic E-state index is 13.3. The highest BCUT2D eigenvalue weighted by atomic mass is 19.4. The number of likely N-dealkylation sites (tertiary alicyclic amines) is 1. The van der Waals surface area contributed by atoms with Gasteiger partial charge in [-0.2, -0.15) is 18.4 Å². The summed E-state index contributed by atoms with van der Waals surface area (Å²) in [6.45, 7) is 5.93. The van der Waals surface area contributed by atoms with Gasteiger partial charge in [-0.25, -0.2) is 0 Å². The van der Waals surface area contributed by atoms with Gasteiger partial charge in [0.1, 0.15) is 11.5 Å². The topological polar surface area (TPSA) is 62.6 Å². The molecular formula is C23H23F3N2O3. The van der Waals surface area contributed by atoms with Gasteiger partial charge in [0.05, 0.1) is 30.3 Å². The predicted molar refractivity (Wildman–Crippen MR) is 107 cm³/mol. The summed E-state index contributed by atoms with van der Waals surface area (Å²) < 4.78 is 50.9. The number of nitrogens with zero attached hydrogens (tertiary/aromatic N) is 2. The molecule has 1 fully saturated rings. The van der Waals surface area contributed by atoms with Crippen LogP contribution in [-0.4, -0.2) is 30.6 Å². The molecule has 0 aromatic heterocycles.